The molecule has 0 aliphatic heterocycles. The lowest BCUT2D eigenvalue weighted by Gasteiger charge is -2.10. The van der Waals surface area contributed by atoms with Gasteiger partial charge in [-0.3, -0.25) is 39.9 Å². The summed E-state index contributed by atoms with van der Waals surface area (Å²) >= 11 is 12.2. The van der Waals surface area contributed by atoms with Crippen LogP contribution in [0.1, 0.15) is 85.9 Å². The van der Waals surface area contributed by atoms with Gasteiger partial charge < -0.3 is 53.5 Å². The third-order valence-corrected chi connectivity index (χ3v) is 21.8. The topological polar surface area (TPSA) is 474 Å². The summed E-state index contributed by atoms with van der Waals surface area (Å²) < 4.78 is 119. The number of amides is 1. The van der Waals surface area contributed by atoms with Gasteiger partial charge in [0.25, 0.3) is 0 Å². The number of nitrogens with zero attached hydrogens (tertiary/aromatic N) is 11. The number of nitrogen functional groups attached to an aromatic ring is 3. The fourth-order valence-corrected chi connectivity index (χ4v) is 14.4. The smallest absolute Gasteiger partial charge is 0.416 e. The summed E-state index contributed by atoms with van der Waals surface area (Å²) in [6, 6.07) is 59.7. The monoisotopic (exact) mass is 2010 g/mol. The third-order valence-electron chi connectivity index (χ3n) is 18.8. The number of aromatic nitrogens is 5. The maximum absolute atomic E-state index is 13.6. The van der Waals surface area contributed by atoms with E-state index < -0.39 is 72.8 Å². The van der Waals surface area contributed by atoms with Crippen LogP contribution in [-0.2, 0) is 17.1 Å². The van der Waals surface area contributed by atoms with Crippen molar-refractivity contribution in [3.63, 3.8) is 0 Å². The van der Waals surface area contributed by atoms with E-state index in [1.54, 1.807) is 93.6 Å². The molecule has 15 aromatic rings. The molecule has 15 rings (SSSR count). The van der Waals surface area contributed by atoms with Crippen molar-refractivity contribution < 1.29 is 68.6 Å². The van der Waals surface area contributed by atoms with E-state index in [4.69, 9.17) is 55.2 Å². The highest BCUT2D eigenvalue weighted by Crippen LogP contribution is 2.39. The highest BCUT2D eigenvalue weighted by atomic mass is 79.9. The van der Waals surface area contributed by atoms with Crippen LogP contribution in [0, 0.1) is 128 Å². The van der Waals surface area contributed by atoms with Gasteiger partial charge in [0.05, 0.1) is 136 Å². The Morgan fingerprint density at radius 3 is 1.20 bits per heavy atom. The fourth-order valence-electron chi connectivity index (χ4n) is 11.6. The number of thiazole rings is 3. The molecule has 0 bridgehead atoms. The van der Waals surface area contributed by atoms with E-state index in [1.807, 2.05) is 84.6 Å². The highest BCUT2D eigenvalue weighted by molar-refractivity contribution is 9.09. The maximum Gasteiger partial charge on any atom is 0.416 e. The number of hydrogen-bond donors (Lipinski definition) is 9. The van der Waals surface area contributed by atoms with Crippen molar-refractivity contribution in [2.75, 3.05) is 50.9 Å². The number of nitro benzene ring substituents is 3. The van der Waals surface area contributed by atoms with Crippen molar-refractivity contribution in [1.29, 1.82) is 21.0 Å². The van der Waals surface area contributed by atoms with E-state index in [0.717, 1.165) is 122 Å². The Balaban J connectivity index is 0.000000203. The molecule has 0 unspecified atom stereocenters. The first kappa shape index (κ1) is 106. The molecule has 0 atom stereocenters. The number of rotatable bonds is 17. The van der Waals surface area contributed by atoms with Gasteiger partial charge in [0.1, 0.15) is 11.6 Å². The summed E-state index contributed by atoms with van der Waals surface area (Å²) in [5.41, 5.74) is 31.2. The van der Waals surface area contributed by atoms with Crippen LogP contribution in [0.25, 0.3) is 56.2 Å². The second kappa shape index (κ2) is 48.2. The van der Waals surface area contributed by atoms with Crippen LogP contribution in [0.15, 0.2) is 222 Å². The number of anilines is 10. The number of alkyl halides is 7. The predicted molar refractivity (Wildman–Crippen MR) is 520 cm³/mol. The quantitative estimate of drug-likeness (QED) is 0.00777. The van der Waals surface area contributed by atoms with Gasteiger partial charge in [-0.1, -0.05) is 84.0 Å². The van der Waals surface area contributed by atoms with Gasteiger partial charge in [0.15, 0.2) is 26.3 Å². The molecular formula is C94H76BrF9N20O9S4. The number of nitrogens with one attached hydrogen (secondary N) is 6. The van der Waals surface area contributed by atoms with Crippen molar-refractivity contribution >= 4 is 162 Å². The van der Waals surface area contributed by atoms with Crippen LogP contribution in [-0.4, -0.2) is 68.9 Å². The summed E-state index contributed by atoms with van der Waals surface area (Å²) in [5, 5.41) is 89.3. The molecule has 137 heavy (non-hydrogen) atoms. The number of fused-ring (bicyclic) bond motifs is 1. The number of nitro groups is 3. The molecule has 12 N–H and O–H groups in total. The van der Waals surface area contributed by atoms with Crippen LogP contribution in [0.3, 0.4) is 0 Å². The molecule has 4 aromatic heterocycles. The molecule has 1 amide bonds. The summed E-state index contributed by atoms with van der Waals surface area (Å²) in [7, 11) is 1.41. The minimum absolute atomic E-state index is 0. The van der Waals surface area contributed by atoms with Crippen molar-refractivity contribution in [1.82, 2.24) is 30.2 Å². The number of thiocarbonyl (C=S) groups is 1. The van der Waals surface area contributed by atoms with E-state index in [9.17, 15) is 79.4 Å². The lowest BCUT2D eigenvalue weighted by atomic mass is 10.1. The molecule has 0 radical (unpaired) electrons. The Kier molecular flexibility index (Phi) is 37.2. The zero-order valence-electron chi connectivity index (χ0n) is 71.8. The van der Waals surface area contributed by atoms with E-state index in [1.165, 1.54) is 72.3 Å². The van der Waals surface area contributed by atoms with Crippen molar-refractivity contribution in [2.24, 2.45) is 0 Å². The summed E-state index contributed by atoms with van der Waals surface area (Å²) in [6.07, 6.45) is -8.65. The zero-order valence-corrected chi connectivity index (χ0v) is 76.7. The number of aryl methyl sites for hydroxylation is 5. The van der Waals surface area contributed by atoms with Crippen LogP contribution in [0.5, 0.6) is 5.75 Å². The van der Waals surface area contributed by atoms with Crippen molar-refractivity contribution in [3.05, 3.63) is 337 Å². The standard InChI is InChI=1S/C25H16F3N5S.C17H11FN4O2S.C17H15N5S.C10H10FN3O3S.C9H6BrNO.C8H7F3O.C7H7FN2O2.CH4/c1-14-10-20-21(31-23(30-20)17-6-8-18(9-7-17)25(26,27)28)11-19(14)32-24-33-22(13-34-24)16-4-2-15(12-29)3-5-16;1-10-6-13(18)16(22(23)24)7-14(10)20-17-21-15(9-25-17)12-4-2-11(8-19)3-5-12;1-10-6-13(19)14(20)7-15(10)21-17-22-16(9-23-17)12-4-2-11(8-18)3-5-12;1-5-3-7(11)9(14(16)17)4-8(5)13-10(18)12-6(2)15;10-5-9(12)8-3-1-7(6-11)2-4-8;1-12-7-4-2-6(3-5-7)8(9,10)11;1-4-2-5(8)7(10(11)12)3-6(4)9;/h2-11,13H,1H3,(H,30,31)(H,32,33);2-7,9H,1H3,(H,20,21);2-7,9H,19-20H2,1H3,(H,21,22);3-4H,1-2H3,(H2,12,13,15,18);1-4H,5H2;2-5H,1H3;2-3H,9H2,1H3;1H4. The maximum atomic E-state index is 13.6. The molecular weight excluding hydrogens is 1930 g/mol. The normalized spacial score (nSPS) is 10.4. The van der Waals surface area contributed by atoms with E-state index >= 15 is 0 Å². The Morgan fingerprint density at radius 2 is 0.818 bits per heavy atom. The second-order valence-corrected chi connectivity index (χ2v) is 32.0. The number of halogens is 10. The number of ether oxygens (including phenoxy) is 1. The van der Waals surface area contributed by atoms with Gasteiger partial charge in [0.2, 0.25) is 23.4 Å². The van der Waals surface area contributed by atoms with Crippen LogP contribution < -0.4 is 48.5 Å². The number of nitrogens with two attached hydrogens (primary N) is 3. The SMILES string of the molecule is C.CC(=O)NC(=S)Nc1cc([N+](=O)[O-])c(F)cc1C.COc1ccc(C(F)(F)F)cc1.Cc1cc(F)c([N+](=O)[O-])cc1N.Cc1cc(F)c([N+](=O)[O-])cc1Nc1nc(-c2ccc(C#N)cc2)cs1.Cc1cc(N)c(N)cc1Nc1nc(-c2ccc(C#N)cc2)cs1.Cc1cc2[nH]c(-c3ccc(C(F)(F)F)cc3)nc2cc1Nc1nc(-c2ccc(C#N)cc2)cs1.N#Cc1ccc(C(=O)CBr)cc1. The highest BCUT2D eigenvalue weighted by Gasteiger charge is 2.32. The van der Waals surface area contributed by atoms with Crippen molar-refractivity contribution in [3.8, 4) is 75.2 Å². The fraction of sp³-hybridized carbons (Fsp3) is 0.117. The number of nitriles is 4. The van der Waals surface area contributed by atoms with Crippen LogP contribution in [0.4, 0.5) is 112 Å². The first-order valence-electron chi connectivity index (χ1n) is 39.0. The van der Waals surface area contributed by atoms with E-state index in [0.29, 0.717) is 106 Å². The van der Waals surface area contributed by atoms with Crippen LogP contribution in [0.2, 0.25) is 0 Å². The van der Waals surface area contributed by atoms with Gasteiger partial charge in [0, 0.05) is 86.1 Å². The number of hydrogen-bond acceptors (Lipinski definition) is 27. The Hall–Kier alpha value is -16.6. The zero-order chi connectivity index (χ0) is 99.6. The lowest BCUT2D eigenvalue weighted by molar-refractivity contribution is -0.387. The minimum atomic E-state index is -4.38. The molecule has 0 spiro atoms. The third kappa shape index (κ3) is 30.0. The molecule has 4 heterocycles. The summed E-state index contributed by atoms with van der Waals surface area (Å²) in [6.45, 7) is 9.99. The molecule has 0 saturated heterocycles. The number of methoxy groups -OCH3 is 1. The van der Waals surface area contributed by atoms with Crippen molar-refractivity contribution in [2.45, 2.75) is 61.3 Å². The number of aromatic amines is 1. The number of H-pyrrole nitrogens is 1. The first-order valence-corrected chi connectivity index (χ1v) is 43.2. The Labute approximate surface area is 801 Å². The number of benzene rings is 11. The largest absolute Gasteiger partial charge is 0.497 e. The second-order valence-electron chi connectivity index (χ2n) is 28.5. The van der Waals surface area contributed by atoms with E-state index in [2.05, 4.69) is 85.6 Å². The Bertz CT molecular complexity index is 7090. The van der Waals surface area contributed by atoms with E-state index in [-0.39, 0.29) is 35.6 Å². The average Bonchev–Trinajstić information content (AvgIpc) is 1.60. The molecule has 11 aromatic carbocycles. The molecule has 29 nitrogen and oxygen atoms in total. The van der Waals surface area contributed by atoms with Gasteiger partial charge in [-0.2, -0.15) is 60.6 Å². The number of Topliss-reactive ketones (excluding diaryl/α,β-unsaturated/α-hetero) is 1. The number of carbonyl (C=O) groups is 2. The number of imidazole rings is 1. The average molecular weight is 2010 g/mol. The number of ketones is 1. The molecule has 700 valence electrons. The van der Waals surface area contributed by atoms with Gasteiger partial charge in [-0.05, 0) is 202 Å². The lowest BCUT2D eigenvalue weighted by Crippen LogP contribution is -2.32. The summed E-state index contributed by atoms with van der Waals surface area (Å²) in [4.78, 5) is 72.5. The Morgan fingerprint density at radius 1 is 0.474 bits per heavy atom. The number of carbonyl (C=O) groups excluding carboxylic acids is 2. The minimum Gasteiger partial charge on any atom is -0.497 e. The first-order chi connectivity index (χ1) is 64.5. The molecule has 0 fully saturated rings. The van der Waals surface area contributed by atoms with Crippen LogP contribution >= 0.6 is 62.2 Å². The van der Waals surface area contributed by atoms with Gasteiger partial charge >= 0.3 is 29.4 Å². The van der Waals surface area contributed by atoms with Gasteiger partial charge in [-0.25, -0.2) is 19.9 Å². The summed E-state index contributed by atoms with van der Waals surface area (Å²) in [5.74, 6) is -2.08. The molecule has 0 saturated carbocycles. The van der Waals surface area contributed by atoms with Gasteiger partial charge in [-0.15, -0.1) is 34.0 Å². The molecule has 43 heteroatoms. The predicted octanol–water partition coefficient (Wildman–Crippen LogP) is 25.0. The molecule has 0 aliphatic carbocycles. The molecule has 0 aliphatic rings.